The molecule has 35 heavy (non-hydrogen) atoms. The van der Waals surface area contributed by atoms with E-state index in [2.05, 4.69) is 20.2 Å². The van der Waals surface area contributed by atoms with Crippen molar-refractivity contribution in [2.45, 2.75) is 19.6 Å². The summed E-state index contributed by atoms with van der Waals surface area (Å²) in [5.41, 5.74) is 2.47. The quantitative estimate of drug-likeness (QED) is 0.279. The van der Waals surface area contributed by atoms with Gasteiger partial charge in [0.1, 0.15) is 5.69 Å². The molecular formula is C24H16F4N6O. The Balaban J connectivity index is 1.66. The number of pyridine rings is 2. The predicted octanol–water partition coefficient (Wildman–Crippen LogP) is 4.53. The van der Waals surface area contributed by atoms with Crippen LogP contribution in [0.3, 0.4) is 0 Å². The summed E-state index contributed by atoms with van der Waals surface area (Å²) in [6.07, 6.45) is -0.656. The first-order valence-corrected chi connectivity index (χ1v) is 10.4. The van der Waals surface area contributed by atoms with Crippen LogP contribution in [0.4, 0.5) is 17.6 Å². The Labute approximate surface area is 195 Å². The Kier molecular flexibility index (Phi) is 5.39. The van der Waals surface area contributed by atoms with Gasteiger partial charge in [0.05, 0.1) is 12.7 Å². The van der Waals surface area contributed by atoms with Crippen LogP contribution >= 0.6 is 0 Å². The van der Waals surface area contributed by atoms with Crippen molar-refractivity contribution < 1.29 is 17.6 Å². The number of nitrogens with zero attached hydrogens (tertiary/aromatic N) is 6. The van der Waals surface area contributed by atoms with Gasteiger partial charge in [-0.05, 0) is 36.2 Å². The number of hydrogen-bond acceptors (Lipinski definition) is 5. The number of hydrogen-bond donors (Lipinski definition) is 0. The number of halogens is 4. The third-order valence-electron chi connectivity index (χ3n) is 5.44. The Morgan fingerprint density at radius 2 is 1.63 bits per heavy atom. The lowest BCUT2D eigenvalue weighted by atomic mass is 9.97. The Morgan fingerprint density at radius 3 is 2.26 bits per heavy atom. The van der Waals surface area contributed by atoms with Gasteiger partial charge in [-0.15, -0.1) is 5.10 Å². The van der Waals surface area contributed by atoms with E-state index >= 15 is 0 Å². The molecular weight excluding hydrogens is 464 g/mol. The van der Waals surface area contributed by atoms with E-state index in [4.69, 9.17) is 0 Å². The zero-order valence-corrected chi connectivity index (χ0v) is 18.2. The molecule has 0 saturated heterocycles. The molecule has 0 unspecified atom stereocenters. The summed E-state index contributed by atoms with van der Waals surface area (Å²) in [5.74, 6) is -0.659. The fraction of sp³-hybridized carbons (Fsp3) is 0.125. The monoisotopic (exact) mass is 480 g/mol. The smallest absolute Gasteiger partial charge is 0.251 e. The van der Waals surface area contributed by atoms with Crippen molar-refractivity contribution in [1.29, 1.82) is 0 Å². The zero-order valence-electron chi connectivity index (χ0n) is 18.2. The maximum Gasteiger partial charge on any atom is 0.433 e. The minimum atomic E-state index is -4.56. The number of aryl methyl sites for hydroxylation is 1. The van der Waals surface area contributed by atoms with E-state index in [0.717, 1.165) is 32.6 Å². The van der Waals surface area contributed by atoms with Crippen LogP contribution in [0.25, 0.3) is 27.9 Å². The second-order valence-electron chi connectivity index (χ2n) is 7.89. The topological polar surface area (TPSA) is 78.0 Å². The summed E-state index contributed by atoms with van der Waals surface area (Å²) >= 11 is 0. The lowest BCUT2D eigenvalue weighted by Crippen LogP contribution is -2.23. The minimum absolute atomic E-state index is 0.117. The van der Waals surface area contributed by atoms with Gasteiger partial charge in [-0.2, -0.15) is 27.2 Å². The average Bonchev–Trinajstić information content (AvgIpc) is 3.14. The molecule has 0 aliphatic rings. The van der Waals surface area contributed by atoms with E-state index in [1.165, 1.54) is 30.6 Å². The maximum atomic E-state index is 13.5. The third kappa shape index (κ3) is 4.27. The lowest BCUT2D eigenvalue weighted by molar-refractivity contribution is -0.141. The first kappa shape index (κ1) is 22.4. The standard InChI is InChI=1S/C24H16F4N6O/c1-14-2-5-16(6-3-14)18-12-31-34-22(21(18)17-7-9-20(25)30-11-17)32-33(23(34)35)13-15-4-8-19(29-10-15)24(26,27)28/h2-12H,13H2,1H3. The molecule has 0 fully saturated rings. The van der Waals surface area contributed by atoms with Crippen LogP contribution in [0, 0.1) is 12.9 Å². The molecule has 0 aliphatic heterocycles. The molecule has 5 rings (SSSR count). The molecule has 0 atom stereocenters. The summed E-state index contributed by atoms with van der Waals surface area (Å²) < 4.78 is 54.1. The van der Waals surface area contributed by atoms with Crippen molar-refractivity contribution in [3.8, 4) is 22.3 Å². The molecule has 4 heterocycles. The maximum absolute atomic E-state index is 13.5. The van der Waals surface area contributed by atoms with E-state index in [1.807, 2.05) is 31.2 Å². The normalized spacial score (nSPS) is 11.8. The van der Waals surface area contributed by atoms with Gasteiger partial charge >= 0.3 is 11.9 Å². The summed E-state index contributed by atoms with van der Waals surface area (Å²) in [6, 6.07) is 12.5. The first-order chi connectivity index (χ1) is 16.7. The van der Waals surface area contributed by atoms with Gasteiger partial charge < -0.3 is 0 Å². The molecule has 0 saturated carbocycles. The summed E-state index contributed by atoms with van der Waals surface area (Å²) in [5, 5.41) is 8.67. The summed E-state index contributed by atoms with van der Waals surface area (Å²) in [7, 11) is 0. The fourth-order valence-electron chi connectivity index (χ4n) is 3.68. The summed E-state index contributed by atoms with van der Waals surface area (Å²) in [4.78, 5) is 20.2. The van der Waals surface area contributed by atoms with E-state index in [0.29, 0.717) is 22.3 Å². The highest BCUT2D eigenvalue weighted by Gasteiger charge is 2.32. The number of alkyl halides is 3. The predicted molar refractivity (Wildman–Crippen MR) is 119 cm³/mol. The van der Waals surface area contributed by atoms with Crippen LogP contribution in [-0.2, 0) is 12.7 Å². The van der Waals surface area contributed by atoms with Crippen LogP contribution in [0.15, 0.2) is 71.9 Å². The van der Waals surface area contributed by atoms with Gasteiger partial charge in [0.25, 0.3) is 0 Å². The molecule has 0 N–H and O–H groups in total. The van der Waals surface area contributed by atoms with Gasteiger partial charge in [0.2, 0.25) is 5.95 Å². The third-order valence-corrected chi connectivity index (χ3v) is 5.44. The Morgan fingerprint density at radius 1 is 0.886 bits per heavy atom. The van der Waals surface area contributed by atoms with Crippen LogP contribution in [0.1, 0.15) is 16.8 Å². The first-order valence-electron chi connectivity index (χ1n) is 10.4. The minimum Gasteiger partial charge on any atom is -0.251 e. The highest BCUT2D eigenvalue weighted by atomic mass is 19.4. The number of benzene rings is 1. The molecule has 11 heteroatoms. The highest BCUT2D eigenvalue weighted by molar-refractivity contribution is 5.90. The van der Waals surface area contributed by atoms with Crippen LogP contribution in [0.2, 0.25) is 0 Å². The van der Waals surface area contributed by atoms with Gasteiger partial charge in [-0.1, -0.05) is 35.9 Å². The largest absolute Gasteiger partial charge is 0.433 e. The Hall–Kier alpha value is -4.41. The van der Waals surface area contributed by atoms with Crippen LogP contribution < -0.4 is 5.69 Å². The number of aromatic nitrogens is 6. The molecule has 176 valence electrons. The second kappa shape index (κ2) is 8.42. The molecule has 4 aromatic heterocycles. The van der Waals surface area contributed by atoms with E-state index in [1.54, 1.807) is 0 Å². The van der Waals surface area contributed by atoms with E-state index in [-0.39, 0.29) is 12.2 Å². The molecule has 0 radical (unpaired) electrons. The number of fused-ring (bicyclic) bond motifs is 1. The Bertz CT molecular complexity index is 1570. The number of rotatable bonds is 4. The van der Waals surface area contributed by atoms with E-state index < -0.39 is 23.5 Å². The van der Waals surface area contributed by atoms with Gasteiger partial charge in [0, 0.05) is 29.1 Å². The van der Waals surface area contributed by atoms with Gasteiger partial charge in [0.15, 0.2) is 5.65 Å². The second-order valence-corrected chi connectivity index (χ2v) is 7.89. The molecule has 1 aromatic carbocycles. The highest BCUT2D eigenvalue weighted by Crippen LogP contribution is 2.34. The average molecular weight is 480 g/mol. The van der Waals surface area contributed by atoms with Crippen molar-refractivity contribution in [2.24, 2.45) is 0 Å². The van der Waals surface area contributed by atoms with Gasteiger partial charge in [-0.25, -0.2) is 14.5 Å². The van der Waals surface area contributed by atoms with Crippen molar-refractivity contribution >= 4 is 5.65 Å². The van der Waals surface area contributed by atoms with Crippen molar-refractivity contribution in [3.63, 3.8) is 0 Å². The van der Waals surface area contributed by atoms with Gasteiger partial charge in [-0.3, -0.25) is 4.98 Å². The van der Waals surface area contributed by atoms with E-state index in [9.17, 15) is 22.4 Å². The zero-order chi connectivity index (χ0) is 24.7. The molecule has 0 bridgehead atoms. The molecule has 0 amide bonds. The molecule has 5 aromatic rings. The van der Waals surface area contributed by atoms with Crippen LogP contribution in [-0.4, -0.2) is 29.4 Å². The SMILES string of the molecule is Cc1ccc(-c2cnn3c(=O)n(Cc4ccc(C(F)(F)F)nc4)nc3c2-c2ccc(F)nc2)cc1. The molecule has 0 spiro atoms. The molecule has 7 nitrogen and oxygen atoms in total. The summed E-state index contributed by atoms with van der Waals surface area (Å²) in [6.45, 7) is 1.83. The molecule has 0 aliphatic carbocycles. The lowest BCUT2D eigenvalue weighted by Gasteiger charge is -2.10. The van der Waals surface area contributed by atoms with Crippen molar-refractivity contribution in [3.05, 3.63) is 100 Å². The van der Waals surface area contributed by atoms with Crippen LogP contribution in [0.5, 0.6) is 0 Å². The van der Waals surface area contributed by atoms with Crippen molar-refractivity contribution in [1.82, 2.24) is 29.4 Å². The fourth-order valence-corrected chi connectivity index (χ4v) is 3.68. The van der Waals surface area contributed by atoms with Crippen molar-refractivity contribution in [2.75, 3.05) is 0 Å².